The Morgan fingerprint density at radius 1 is 1.27 bits per heavy atom. The van der Waals surface area contributed by atoms with E-state index < -0.39 is 0 Å². The van der Waals surface area contributed by atoms with Crippen molar-refractivity contribution in [2.75, 3.05) is 26.7 Å². The number of carbonyl (C=O) groups is 1. The molecule has 2 aromatic carbocycles. The molecule has 0 aliphatic carbocycles. The Kier molecular flexibility index (Phi) is 6.01. The fourth-order valence-corrected chi connectivity index (χ4v) is 3.35. The standard InChI is InChI=1S/C21H25FN2O2/c1-16(21(25)23(2)14-17-7-6-10-19(22)13-17)24-11-12-26-20(15-24)18-8-4-3-5-9-18/h3-10,13,16,20H,11-12,14-15H2,1-2H3. The molecule has 26 heavy (non-hydrogen) atoms. The maximum Gasteiger partial charge on any atom is 0.239 e. The monoisotopic (exact) mass is 356 g/mol. The number of benzene rings is 2. The van der Waals surface area contributed by atoms with E-state index in [-0.39, 0.29) is 23.9 Å². The third-order valence-corrected chi connectivity index (χ3v) is 4.86. The summed E-state index contributed by atoms with van der Waals surface area (Å²) in [6.45, 7) is 4.34. The first-order valence-corrected chi connectivity index (χ1v) is 8.94. The summed E-state index contributed by atoms with van der Waals surface area (Å²) >= 11 is 0. The van der Waals surface area contributed by atoms with E-state index in [1.54, 1.807) is 18.0 Å². The van der Waals surface area contributed by atoms with Gasteiger partial charge in [-0.25, -0.2) is 4.39 Å². The zero-order valence-corrected chi connectivity index (χ0v) is 15.3. The summed E-state index contributed by atoms with van der Waals surface area (Å²) in [5, 5.41) is 0. The molecule has 0 spiro atoms. The molecule has 4 nitrogen and oxygen atoms in total. The molecule has 0 N–H and O–H groups in total. The summed E-state index contributed by atoms with van der Waals surface area (Å²) in [6, 6.07) is 16.2. The van der Waals surface area contributed by atoms with Crippen molar-refractivity contribution in [3.05, 3.63) is 71.5 Å². The lowest BCUT2D eigenvalue weighted by Gasteiger charge is -2.37. The molecule has 2 aromatic rings. The highest BCUT2D eigenvalue weighted by Crippen LogP contribution is 2.23. The summed E-state index contributed by atoms with van der Waals surface area (Å²) in [6.07, 6.45) is -0.0197. The van der Waals surface area contributed by atoms with E-state index in [4.69, 9.17) is 4.74 Å². The van der Waals surface area contributed by atoms with Crippen LogP contribution in [0.4, 0.5) is 4.39 Å². The van der Waals surface area contributed by atoms with Crippen molar-refractivity contribution in [1.82, 2.24) is 9.80 Å². The summed E-state index contributed by atoms with van der Waals surface area (Å²) in [5.41, 5.74) is 1.92. The highest BCUT2D eigenvalue weighted by atomic mass is 19.1. The Balaban J connectivity index is 1.62. The molecule has 138 valence electrons. The van der Waals surface area contributed by atoms with Gasteiger partial charge in [0.15, 0.2) is 0 Å². The maximum absolute atomic E-state index is 13.3. The van der Waals surface area contributed by atoms with Crippen LogP contribution in [0, 0.1) is 5.82 Å². The molecular weight excluding hydrogens is 331 g/mol. The molecule has 1 amide bonds. The van der Waals surface area contributed by atoms with Crippen molar-refractivity contribution in [1.29, 1.82) is 0 Å². The molecule has 1 heterocycles. The van der Waals surface area contributed by atoms with Crippen LogP contribution in [0.3, 0.4) is 0 Å². The number of ether oxygens (including phenoxy) is 1. The number of likely N-dealkylation sites (N-methyl/N-ethyl adjacent to an activating group) is 1. The number of nitrogens with zero attached hydrogens (tertiary/aromatic N) is 2. The van der Waals surface area contributed by atoms with Gasteiger partial charge in [-0.05, 0) is 30.2 Å². The third kappa shape index (κ3) is 4.48. The molecule has 2 atom stereocenters. The molecule has 0 bridgehead atoms. The van der Waals surface area contributed by atoms with Gasteiger partial charge in [0.25, 0.3) is 0 Å². The second kappa shape index (κ2) is 8.43. The van der Waals surface area contributed by atoms with Crippen molar-refractivity contribution in [2.45, 2.75) is 25.6 Å². The molecule has 1 aliphatic heterocycles. The zero-order valence-electron chi connectivity index (χ0n) is 15.3. The Hall–Kier alpha value is -2.24. The largest absolute Gasteiger partial charge is 0.371 e. The van der Waals surface area contributed by atoms with Gasteiger partial charge < -0.3 is 9.64 Å². The Bertz CT molecular complexity index is 738. The van der Waals surface area contributed by atoms with Crippen LogP contribution in [0.5, 0.6) is 0 Å². The third-order valence-electron chi connectivity index (χ3n) is 4.86. The van der Waals surface area contributed by atoms with Crippen LogP contribution in [0.2, 0.25) is 0 Å². The maximum atomic E-state index is 13.3. The molecule has 1 aliphatic rings. The zero-order chi connectivity index (χ0) is 18.5. The molecule has 1 fully saturated rings. The second-order valence-electron chi connectivity index (χ2n) is 6.77. The van der Waals surface area contributed by atoms with Crippen molar-refractivity contribution < 1.29 is 13.9 Å². The van der Waals surface area contributed by atoms with Gasteiger partial charge in [0.1, 0.15) is 5.82 Å². The highest BCUT2D eigenvalue weighted by molar-refractivity contribution is 5.81. The summed E-state index contributed by atoms with van der Waals surface area (Å²) in [5.74, 6) is -0.252. The number of amides is 1. The quantitative estimate of drug-likeness (QED) is 0.824. The number of carbonyl (C=O) groups excluding carboxylic acids is 1. The van der Waals surface area contributed by atoms with E-state index in [2.05, 4.69) is 17.0 Å². The van der Waals surface area contributed by atoms with Crippen LogP contribution in [0.1, 0.15) is 24.2 Å². The predicted molar refractivity (Wildman–Crippen MR) is 99.0 cm³/mol. The van der Waals surface area contributed by atoms with Gasteiger partial charge in [0, 0.05) is 26.7 Å². The van der Waals surface area contributed by atoms with Gasteiger partial charge in [-0.1, -0.05) is 42.5 Å². The lowest BCUT2D eigenvalue weighted by molar-refractivity contribution is -0.139. The number of morpholine rings is 1. The minimum atomic E-state index is -0.282. The lowest BCUT2D eigenvalue weighted by Crippen LogP contribution is -2.50. The fourth-order valence-electron chi connectivity index (χ4n) is 3.35. The molecule has 0 saturated carbocycles. The van der Waals surface area contributed by atoms with Gasteiger partial charge in [-0.2, -0.15) is 0 Å². The van der Waals surface area contributed by atoms with Crippen molar-refractivity contribution in [3.8, 4) is 0 Å². The van der Waals surface area contributed by atoms with E-state index in [9.17, 15) is 9.18 Å². The van der Waals surface area contributed by atoms with E-state index in [0.29, 0.717) is 19.7 Å². The van der Waals surface area contributed by atoms with Crippen LogP contribution < -0.4 is 0 Å². The fraction of sp³-hybridized carbons (Fsp3) is 0.381. The van der Waals surface area contributed by atoms with E-state index in [1.165, 1.54) is 12.1 Å². The summed E-state index contributed by atoms with van der Waals surface area (Å²) in [7, 11) is 1.76. The van der Waals surface area contributed by atoms with Crippen LogP contribution >= 0.6 is 0 Å². The van der Waals surface area contributed by atoms with Crippen LogP contribution in [0.15, 0.2) is 54.6 Å². The first-order valence-electron chi connectivity index (χ1n) is 8.94. The predicted octanol–water partition coefficient (Wildman–Crippen LogP) is 3.25. The second-order valence-corrected chi connectivity index (χ2v) is 6.77. The molecule has 2 unspecified atom stereocenters. The minimum absolute atomic E-state index is 0.0197. The smallest absolute Gasteiger partial charge is 0.239 e. The van der Waals surface area contributed by atoms with Crippen LogP contribution in [-0.4, -0.2) is 48.5 Å². The first-order chi connectivity index (χ1) is 12.5. The number of hydrogen-bond donors (Lipinski definition) is 0. The number of hydrogen-bond acceptors (Lipinski definition) is 3. The highest BCUT2D eigenvalue weighted by Gasteiger charge is 2.30. The average molecular weight is 356 g/mol. The summed E-state index contributed by atoms with van der Waals surface area (Å²) < 4.78 is 19.2. The van der Waals surface area contributed by atoms with Gasteiger partial charge >= 0.3 is 0 Å². The minimum Gasteiger partial charge on any atom is -0.371 e. The number of halogens is 1. The van der Waals surface area contributed by atoms with Crippen LogP contribution in [-0.2, 0) is 16.1 Å². The van der Waals surface area contributed by atoms with Crippen molar-refractivity contribution >= 4 is 5.91 Å². The normalized spacial score (nSPS) is 19.1. The molecule has 5 heteroatoms. The topological polar surface area (TPSA) is 32.8 Å². The Morgan fingerprint density at radius 3 is 2.77 bits per heavy atom. The number of rotatable bonds is 5. The van der Waals surface area contributed by atoms with Gasteiger partial charge in [0.2, 0.25) is 5.91 Å². The SMILES string of the molecule is CC(C(=O)N(C)Cc1cccc(F)c1)N1CCOC(c2ccccc2)C1. The van der Waals surface area contributed by atoms with Crippen LogP contribution in [0.25, 0.3) is 0 Å². The Labute approximate surface area is 154 Å². The summed E-state index contributed by atoms with van der Waals surface area (Å²) in [4.78, 5) is 16.6. The molecule has 0 aromatic heterocycles. The molecular formula is C21H25FN2O2. The van der Waals surface area contributed by atoms with E-state index in [1.807, 2.05) is 31.2 Å². The molecule has 3 rings (SSSR count). The van der Waals surface area contributed by atoms with Crippen molar-refractivity contribution in [2.24, 2.45) is 0 Å². The van der Waals surface area contributed by atoms with E-state index in [0.717, 1.165) is 17.7 Å². The van der Waals surface area contributed by atoms with Crippen molar-refractivity contribution in [3.63, 3.8) is 0 Å². The average Bonchev–Trinajstić information content (AvgIpc) is 2.67. The molecule has 0 radical (unpaired) electrons. The van der Waals surface area contributed by atoms with Gasteiger partial charge in [0.05, 0.1) is 18.8 Å². The van der Waals surface area contributed by atoms with E-state index >= 15 is 0 Å². The first kappa shape index (κ1) is 18.5. The van der Waals surface area contributed by atoms with Gasteiger partial charge in [-0.3, -0.25) is 9.69 Å². The van der Waals surface area contributed by atoms with Gasteiger partial charge in [-0.15, -0.1) is 0 Å². The molecule has 1 saturated heterocycles. The lowest BCUT2D eigenvalue weighted by atomic mass is 10.1. The Morgan fingerprint density at radius 2 is 2.04 bits per heavy atom.